The van der Waals surface area contributed by atoms with E-state index in [4.69, 9.17) is 4.74 Å². The second kappa shape index (κ2) is 8.23. The maximum absolute atomic E-state index is 12.6. The minimum absolute atomic E-state index is 0.145. The minimum Gasteiger partial charge on any atom is -0.481 e. The summed E-state index contributed by atoms with van der Waals surface area (Å²) in [6.07, 6.45) is -0.572. The van der Waals surface area contributed by atoms with Crippen LogP contribution in [0.25, 0.3) is 0 Å². The molecular weight excluding hydrogens is 326 g/mol. The molecule has 1 atom stereocenters. The highest BCUT2D eigenvalue weighted by Gasteiger charge is 2.20. The Labute approximate surface area is 155 Å². The molecule has 5 nitrogen and oxygen atoms in total. The Morgan fingerprint density at radius 3 is 2.54 bits per heavy atom. The molecule has 1 amide bonds. The van der Waals surface area contributed by atoms with Crippen molar-refractivity contribution in [1.82, 2.24) is 4.90 Å². The van der Waals surface area contributed by atoms with E-state index in [9.17, 15) is 4.79 Å². The van der Waals surface area contributed by atoms with Crippen LogP contribution in [0.15, 0.2) is 48.5 Å². The van der Waals surface area contributed by atoms with Crippen LogP contribution in [0.1, 0.15) is 12.5 Å². The number of aryl methyl sites for hydroxylation is 1. The van der Waals surface area contributed by atoms with Gasteiger partial charge in [-0.3, -0.25) is 4.79 Å². The van der Waals surface area contributed by atoms with Crippen LogP contribution >= 0.6 is 0 Å². The molecule has 1 saturated heterocycles. The number of likely N-dealkylation sites (N-methyl/N-ethyl adjacent to an activating group) is 1. The summed E-state index contributed by atoms with van der Waals surface area (Å²) >= 11 is 0. The number of carbonyl (C=O) groups excluding carboxylic acids is 1. The summed E-state index contributed by atoms with van der Waals surface area (Å²) < 4.78 is 5.80. The van der Waals surface area contributed by atoms with Gasteiger partial charge in [0, 0.05) is 26.2 Å². The van der Waals surface area contributed by atoms with Gasteiger partial charge in [0.25, 0.3) is 5.91 Å². The van der Waals surface area contributed by atoms with Crippen molar-refractivity contribution in [2.45, 2.75) is 20.0 Å². The lowest BCUT2D eigenvalue weighted by Gasteiger charge is -2.35. The van der Waals surface area contributed by atoms with Crippen LogP contribution in [0.5, 0.6) is 5.75 Å². The summed E-state index contributed by atoms with van der Waals surface area (Å²) in [4.78, 5) is 17.3. The monoisotopic (exact) mass is 353 g/mol. The molecule has 0 radical (unpaired) electrons. The van der Waals surface area contributed by atoms with E-state index in [0.717, 1.165) is 43.1 Å². The molecule has 1 fully saturated rings. The lowest BCUT2D eigenvalue weighted by molar-refractivity contribution is -0.122. The Hall–Kier alpha value is -2.53. The standard InChI is InChI=1S/C21H27N3O2/c1-16-7-6-8-18(15-16)26-17(2)21(25)22-19-9-4-5-10-20(19)24-13-11-23(3)12-14-24/h4-10,15,17H,11-14H2,1-3H3,(H,22,25). The maximum Gasteiger partial charge on any atom is 0.265 e. The highest BCUT2D eigenvalue weighted by Crippen LogP contribution is 2.27. The van der Waals surface area contributed by atoms with E-state index in [1.807, 2.05) is 49.4 Å². The zero-order valence-electron chi connectivity index (χ0n) is 15.7. The molecule has 0 aromatic heterocycles. The van der Waals surface area contributed by atoms with E-state index in [2.05, 4.69) is 28.2 Å². The van der Waals surface area contributed by atoms with Crippen LogP contribution in [0, 0.1) is 6.92 Å². The van der Waals surface area contributed by atoms with Gasteiger partial charge >= 0.3 is 0 Å². The summed E-state index contributed by atoms with van der Waals surface area (Å²) in [7, 11) is 2.13. The van der Waals surface area contributed by atoms with Crippen LogP contribution in [-0.2, 0) is 4.79 Å². The normalized spacial score (nSPS) is 16.2. The number of amides is 1. The van der Waals surface area contributed by atoms with Crippen molar-refractivity contribution in [3.63, 3.8) is 0 Å². The van der Waals surface area contributed by atoms with Crippen molar-refractivity contribution < 1.29 is 9.53 Å². The molecule has 0 aliphatic carbocycles. The van der Waals surface area contributed by atoms with Crippen molar-refractivity contribution in [2.75, 3.05) is 43.4 Å². The number of hydrogen-bond acceptors (Lipinski definition) is 4. The Bertz CT molecular complexity index is 754. The zero-order chi connectivity index (χ0) is 18.5. The number of piperazine rings is 1. The molecule has 138 valence electrons. The Kier molecular flexibility index (Phi) is 5.78. The molecule has 2 aromatic carbocycles. The minimum atomic E-state index is -0.572. The summed E-state index contributed by atoms with van der Waals surface area (Å²) in [5.41, 5.74) is 3.01. The first-order valence-corrected chi connectivity index (χ1v) is 9.09. The van der Waals surface area contributed by atoms with Crippen molar-refractivity contribution in [1.29, 1.82) is 0 Å². The molecule has 1 aliphatic heterocycles. The van der Waals surface area contributed by atoms with E-state index >= 15 is 0 Å². The summed E-state index contributed by atoms with van der Waals surface area (Å²) in [6.45, 7) is 7.74. The molecule has 1 N–H and O–H groups in total. The van der Waals surface area contributed by atoms with Gasteiger partial charge in [0.05, 0.1) is 11.4 Å². The van der Waals surface area contributed by atoms with Crippen molar-refractivity contribution in [3.05, 3.63) is 54.1 Å². The average Bonchev–Trinajstić information content (AvgIpc) is 2.63. The second-order valence-corrected chi connectivity index (χ2v) is 6.87. The largest absolute Gasteiger partial charge is 0.481 e. The average molecular weight is 353 g/mol. The number of ether oxygens (including phenoxy) is 1. The highest BCUT2D eigenvalue weighted by molar-refractivity contribution is 5.97. The number of hydrogen-bond donors (Lipinski definition) is 1. The van der Waals surface area contributed by atoms with E-state index in [1.54, 1.807) is 6.92 Å². The quantitative estimate of drug-likeness (QED) is 0.897. The Balaban J connectivity index is 1.67. The molecule has 0 bridgehead atoms. The first kappa shape index (κ1) is 18.3. The number of nitrogens with one attached hydrogen (secondary N) is 1. The molecule has 1 unspecified atom stereocenters. The van der Waals surface area contributed by atoms with E-state index in [-0.39, 0.29) is 5.91 Å². The second-order valence-electron chi connectivity index (χ2n) is 6.87. The number of anilines is 2. The third kappa shape index (κ3) is 4.55. The first-order chi connectivity index (χ1) is 12.5. The summed E-state index contributed by atoms with van der Waals surface area (Å²) in [5.74, 6) is 0.563. The van der Waals surface area contributed by atoms with Crippen LogP contribution in [0.2, 0.25) is 0 Å². The molecule has 1 aliphatic rings. The van der Waals surface area contributed by atoms with Gasteiger partial charge in [0.15, 0.2) is 6.10 Å². The van der Waals surface area contributed by atoms with Gasteiger partial charge in [0.1, 0.15) is 5.75 Å². The lowest BCUT2D eigenvalue weighted by Crippen LogP contribution is -2.44. The molecule has 0 spiro atoms. The third-order valence-corrected chi connectivity index (χ3v) is 4.68. The lowest BCUT2D eigenvalue weighted by atomic mass is 10.2. The van der Waals surface area contributed by atoms with Crippen molar-refractivity contribution >= 4 is 17.3 Å². The van der Waals surface area contributed by atoms with E-state index in [0.29, 0.717) is 5.75 Å². The maximum atomic E-state index is 12.6. The number of rotatable bonds is 5. The van der Waals surface area contributed by atoms with Crippen LogP contribution in [0.3, 0.4) is 0 Å². The van der Waals surface area contributed by atoms with Gasteiger partial charge in [-0.05, 0) is 50.7 Å². The van der Waals surface area contributed by atoms with Gasteiger partial charge in [0.2, 0.25) is 0 Å². The number of para-hydroxylation sites is 2. The van der Waals surface area contributed by atoms with Crippen LogP contribution in [-0.4, -0.2) is 50.1 Å². The first-order valence-electron chi connectivity index (χ1n) is 9.09. The summed E-state index contributed by atoms with van der Waals surface area (Å²) in [6, 6.07) is 15.7. The van der Waals surface area contributed by atoms with Crippen LogP contribution in [0.4, 0.5) is 11.4 Å². The van der Waals surface area contributed by atoms with E-state index < -0.39 is 6.10 Å². The molecule has 5 heteroatoms. The van der Waals surface area contributed by atoms with Gasteiger partial charge in [-0.1, -0.05) is 24.3 Å². The molecule has 1 heterocycles. The summed E-state index contributed by atoms with van der Waals surface area (Å²) in [5, 5.41) is 3.03. The fourth-order valence-electron chi connectivity index (χ4n) is 3.08. The molecule has 3 rings (SSSR count). The SMILES string of the molecule is Cc1cccc(OC(C)C(=O)Nc2ccccc2N2CCN(C)CC2)c1. The molecule has 2 aromatic rings. The number of benzene rings is 2. The van der Waals surface area contributed by atoms with Crippen molar-refractivity contribution in [3.8, 4) is 5.75 Å². The Morgan fingerprint density at radius 2 is 1.81 bits per heavy atom. The van der Waals surface area contributed by atoms with Gasteiger partial charge < -0.3 is 19.9 Å². The molecule has 0 saturated carbocycles. The fraction of sp³-hybridized carbons (Fsp3) is 0.381. The number of nitrogens with zero attached hydrogens (tertiary/aromatic N) is 2. The predicted octanol–water partition coefficient (Wildman–Crippen LogP) is 3.15. The molecule has 26 heavy (non-hydrogen) atoms. The third-order valence-electron chi connectivity index (χ3n) is 4.68. The van der Waals surface area contributed by atoms with Crippen molar-refractivity contribution in [2.24, 2.45) is 0 Å². The number of carbonyl (C=O) groups is 1. The fourth-order valence-corrected chi connectivity index (χ4v) is 3.08. The highest BCUT2D eigenvalue weighted by atomic mass is 16.5. The Morgan fingerprint density at radius 1 is 1.08 bits per heavy atom. The zero-order valence-corrected chi connectivity index (χ0v) is 15.7. The molecular formula is C21H27N3O2. The topological polar surface area (TPSA) is 44.8 Å². The predicted molar refractivity (Wildman–Crippen MR) is 106 cm³/mol. The smallest absolute Gasteiger partial charge is 0.265 e. The van der Waals surface area contributed by atoms with Gasteiger partial charge in [-0.2, -0.15) is 0 Å². The van der Waals surface area contributed by atoms with E-state index in [1.165, 1.54) is 0 Å². The van der Waals surface area contributed by atoms with Crippen LogP contribution < -0.4 is 15.0 Å². The van der Waals surface area contributed by atoms with Gasteiger partial charge in [-0.25, -0.2) is 0 Å². The van der Waals surface area contributed by atoms with Gasteiger partial charge in [-0.15, -0.1) is 0 Å².